The van der Waals surface area contributed by atoms with Crippen LogP contribution in [0.3, 0.4) is 0 Å². The van der Waals surface area contributed by atoms with E-state index in [1.165, 1.54) is 65.0 Å². The number of hydrogen-bond acceptors (Lipinski definition) is 3. The van der Waals surface area contributed by atoms with Crippen molar-refractivity contribution in [1.29, 1.82) is 0 Å². The molecule has 3 nitrogen and oxygen atoms in total. The Balaban J connectivity index is 1.30. The van der Waals surface area contributed by atoms with E-state index in [-0.39, 0.29) is 0 Å². The van der Waals surface area contributed by atoms with Crippen LogP contribution in [-0.2, 0) is 0 Å². The second-order valence-corrected chi connectivity index (χ2v) is 13.3. The highest BCUT2D eigenvalue weighted by atomic mass is 32.2. The van der Waals surface area contributed by atoms with Crippen LogP contribution in [0.4, 0.5) is 28.4 Å². The molecule has 0 amide bonds. The molecule has 2 aliphatic heterocycles. The molecule has 1 N–H and O–H groups in total. The largest absolute Gasteiger partial charge is 0.353 e. The first-order valence-corrected chi connectivity index (χ1v) is 16.9. The molecule has 0 atom stereocenters. The molecule has 0 saturated heterocycles. The fraction of sp³-hybridized carbons (Fsp3) is 0. The van der Waals surface area contributed by atoms with Crippen molar-refractivity contribution in [3.8, 4) is 16.8 Å². The molecule has 0 unspecified atom stereocenters. The fourth-order valence-electron chi connectivity index (χ4n) is 7.55. The van der Waals surface area contributed by atoms with E-state index in [0.29, 0.717) is 0 Å². The minimum absolute atomic E-state index is 0.864. The average molecular weight is 618 g/mol. The Morgan fingerprint density at radius 1 is 0.553 bits per heavy atom. The van der Waals surface area contributed by atoms with Crippen LogP contribution in [0.25, 0.3) is 38.6 Å². The summed E-state index contributed by atoms with van der Waals surface area (Å²) in [7, 11) is 0.864. The number of para-hydroxylation sites is 6. The van der Waals surface area contributed by atoms with Gasteiger partial charge in [-0.3, -0.25) is 0 Å². The van der Waals surface area contributed by atoms with Gasteiger partial charge in [-0.1, -0.05) is 114 Å². The zero-order valence-corrected chi connectivity index (χ0v) is 26.3. The molecule has 220 valence electrons. The van der Waals surface area contributed by atoms with Crippen molar-refractivity contribution in [2.75, 3.05) is 10.2 Å². The Morgan fingerprint density at radius 2 is 1.23 bits per heavy atom. The SMILES string of the molecule is B1c2c(-c3cccc4c3Nc3ccccc3S4)cc(N(c3ccccc3)c3ccccc3)cc2-n2c3ccccc3c3cccc1c32. The summed E-state index contributed by atoms with van der Waals surface area (Å²) in [4.78, 5) is 4.88. The lowest BCUT2D eigenvalue weighted by molar-refractivity contribution is 1.18. The summed E-state index contributed by atoms with van der Waals surface area (Å²) in [6.07, 6.45) is 0. The normalized spacial score (nSPS) is 12.5. The minimum Gasteiger partial charge on any atom is -0.353 e. The van der Waals surface area contributed by atoms with Gasteiger partial charge < -0.3 is 14.8 Å². The molecule has 0 spiro atoms. The van der Waals surface area contributed by atoms with E-state index < -0.39 is 0 Å². The maximum absolute atomic E-state index is 3.85. The van der Waals surface area contributed by atoms with Crippen molar-refractivity contribution >= 4 is 80.2 Å². The first-order chi connectivity index (χ1) is 23.3. The van der Waals surface area contributed by atoms with Crippen LogP contribution in [0, 0.1) is 0 Å². The first kappa shape index (κ1) is 26.6. The lowest BCUT2D eigenvalue weighted by Gasteiger charge is -2.31. The highest BCUT2D eigenvalue weighted by Crippen LogP contribution is 2.49. The average Bonchev–Trinajstić information content (AvgIpc) is 3.47. The van der Waals surface area contributed by atoms with Crippen molar-refractivity contribution in [3.63, 3.8) is 0 Å². The lowest BCUT2D eigenvalue weighted by Crippen LogP contribution is -2.37. The summed E-state index contributed by atoms with van der Waals surface area (Å²) in [6, 6.07) is 57.3. The number of nitrogens with zero attached hydrogens (tertiary/aromatic N) is 2. The Labute approximate surface area is 278 Å². The summed E-state index contributed by atoms with van der Waals surface area (Å²) in [5, 5.41) is 6.45. The van der Waals surface area contributed by atoms with Crippen LogP contribution >= 0.6 is 11.8 Å². The Kier molecular flexibility index (Phi) is 5.90. The van der Waals surface area contributed by atoms with E-state index in [0.717, 1.165) is 30.0 Å². The standard InChI is InChI=1S/C42H28BN3S/c1-3-13-27(14-4-1)45(28-15-5-2-6-16-28)29-25-33(31-18-12-24-39-41(31)44-35-21-8-10-23-38(35)47-39)40-37(26-29)46-36-22-9-7-17-30(36)32-19-11-20-34(43-40)42(32)46/h1-26,43-44H. The van der Waals surface area contributed by atoms with Gasteiger partial charge in [0.25, 0.3) is 0 Å². The molecular weight excluding hydrogens is 589 g/mol. The summed E-state index contributed by atoms with van der Waals surface area (Å²) in [5.74, 6) is 0. The van der Waals surface area contributed by atoms with E-state index in [9.17, 15) is 0 Å². The Bertz CT molecular complexity index is 2470. The zero-order valence-electron chi connectivity index (χ0n) is 25.5. The van der Waals surface area contributed by atoms with Gasteiger partial charge in [-0.25, -0.2) is 0 Å². The fourth-order valence-corrected chi connectivity index (χ4v) is 8.57. The molecule has 0 radical (unpaired) electrons. The highest BCUT2D eigenvalue weighted by Gasteiger charge is 2.29. The first-order valence-electron chi connectivity index (χ1n) is 16.1. The summed E-state index contributed by atoms with van der Waals surface area (Å²) in [5.41, 5.74) is 14.7. The molecule has 7 aromatic carbocycles. The molecule has 0 bridgehead atoms. The van der Waals surface area contributed by atoms with Gasteiger partial charge >= 0.3 is 0 Å². The number of nitrogens with one attached hydrogen (secondary N) is 1. The zero-order chi connectivity index (χ0) is 30.9. The van der Waals surface area contributed by atoms with E-state index >= 15 is 0 Å². The van der Waals surface area contributed by atoms with E-state index in [2.05, 4.69) is 173 Å². The van der Waals surface area contributed by atoms with Crippen LogP contribution in [0.1, 0.15) is 0 Å². The van der Waals surface area contributed by atoms with Crippen LogP contribution in [0.5, 0.6) is 0 Å². The van der Waals surface area contributed by atoms with Gasteiger partial charge in [-0.05, 0) is 71.7 Å². The molecule has 47 heavy (non-hydrogen) atoms. The van der Waals surface area contributed by atoms with Crippen LogP contribution in [0.15, 0.2) is 168 Å². The lowest BCUT2D eigenvalue weighted by atomic mass is 9.59. The predicted molar refractivity (Wildman–Crippen MR) is 201 cm³/mol. The predicted octanol–water partition coefficient (Wildman–Crippen LogP) is 9.83. The third kappa shape index (κ3) is 4.10. The molecule has 1 aromatic heterocycles. The third-order valence-corrected chi connectivity index (χ3v) is 10.7. The maximum atomic E-state index is 3.85. The van der Waals surface area contributed by atoms with Crippen molar-refractivity contribution in [2.45, 2.75) is 9.79 Å². The molecule has 10 rings (SSSR count). The molecule has 0 saturated carbocycles. The topological polar surface area (TPSA) is 20.2 Å². The van der Waals surface area contributed by atoms with Crippen LogP contribution < -0.4 is 21.1 Å². The number of anilines is 5. The number of aromatic nitrogens is 1. The number of hydrogen-bond donors (Lipinski definition) is 1. The number of fused-ring (bicyclic) bond motifs is 7. The summed E-state index contributed by atoms with van der Waals surface area (Å²) in [6.45, 7) is 0. The molecule has 5 heteroatoms. The number of rotatable bonds is 4. The van der Waals surface area contributed by atoms with Crippen molar-refractivity contribution < 1.29 is 0 Å². The van der Waals surface area contributed by atoms with Gasteiger partial charge in [0, 0.05) is 54.4 Å². The molecule has 0 fully saturated rings. The highest BCUT2D eigenvalue weighted by molar-refractivity contribution is 7.99. The van der Waals surface area contributed by atoms with Crippen molar-refractivity contribution in [2.24, 2.45) is 0 Å². The van der Waals surface area contributed by atoms with Gasteiger partial charge in [-0.2, -0.15) is 0 Å². The van der Waals surface area contributed by atoms with E-state index in [1.807, 2.05) is 11.8 Å². The molecule has 8 aromatic rings. The van der Waals surface area contributed by atoms with Crippen molar-refractivity contribution in [3.05, 3.63) is 158 Å². The maximum Gasteiger partial charge on any atom is 0.198 e. The third-order valence-electron chi connectivity index (χ3n) is 9.57. The van der Waals surface area contributed by atoms with Crippen LogP contribution in [-0.4, -0.2) is 11.8 Å². The summed E-state index contributed by atoms with van der Waals surface area (Å²) >= 11 is 1.84. The molecule has 3 heterocycles. The molecule has 0 aliphatic carbocycles. The minimum atomic E-state index is 0.864. The number of benzene rings is 7. The Hall–Kier alpha value is -5.65. The van der Waals surface area contributed by atoms with E-state index in [4.69, 9.17) is 0 Å². The monoisotopic (exact) mass is 617 g/mol. The van der Waals surface area contributed by atoms with Gasteiger partial charge in [0.05, 0.1) is 16.9 Å². The molecule has 2 aliphatic rings. The van der Waals surface area contributed by atoms with Gasteiger partial charge in [-0.15, -0.1) is 0 Å². The second kappa shape index (κ2) is 10.4. The Morgan fingerprint density at radius 3 is 2.06 bits per heavy atom. The van der Waals surface area contributed by atoms with Crippen LogP contribution in [0.2, 0.25) is 0 Å². The van der Waals surface area contributed by atoms with Crippen molar-refractivity contribution in [1.82, 2.24) is 4.57 Å². The van der Waals surface area contributed by atoms with E-state index in [1.54, 1.807) is 0 Å². The smallest absolute Gasteiger partial charge is 0.198 e. The van der Waals surface area contributed by atoms with Gasteiger partial charge in [0.1, 0.15) is 0 Å². The molecular formula is C42H28BN3S. The quantitative estimate of drug-likeness (QED) is 0.199. The second-order valence-electron chi connectivity index (χ2n) is 12.2. The summed E-state index contributed by atoms with van der Waals surface area (Å²) < 4.78 is 2.52. The van der Waals surface area contributed by atoms with Gasteiger partial charge in [0.2, 0.25) is 0 Å². The van der Waals surface area contributed by atoms with Gasteiger partial charge in [0.15, 0.2) is 7.28 Å².